The molecule has 1 aromatic heterocycles. The number of benzene rings is 2. The van der Waals surface area contributed by atoms with Gasteiger partial charge in [0.25, 0.3) is 0 Å². The molecule has 0 atom stereocenters. The SMILES string of the molecule is C=CC(=O)OCCCCCCN(/N=C/c1cc(OC(=O)C2CCC(OC(=O)C3CCC(C(=O)OCCCCOC(=O)C=C)CC3)CC2)ccc1OC(=O)C1CCC(OC(=O)C2CCC(C(=O)OCCCCOC(=O)C=C)CC2)CC1)c1nc2ccccc2s1. The van der Waals surface area contributed by atoms with Crippen molar-refractivity contribution in [3.05, 3.63) is 86.0 Å². The lowest BCUT2D eigenvalue weighted by Crippen LogP contribution is -2.33. The molecule has 0 N–H and O–H groups in total. The van der Waals surface area contributed by atoms with Gasteiger partial charge in [0.2, 0.25) is 5.13 Å². The van der Waals surface area contributed by atoms with E-state index in [1.807, 2.05) is 24.3 Å². The van der Waals surface area contributed by atoms with Crippen molar-refractivity contribution in [2.45, 2.75) is 166 Å². The van der Waals surface area contributed by atoms with Gasteiger partial charge in [-0.3, -0.25) is 28.8 Å². The molecular formula is C67H85N3O18S. The molecular weight excluding hydrogens is 1170 g/mol. The van der Waals surface area contributed by atoms with E-state index in [0.717, 1.165) is 47.7 Å². The van der Waals surface area contributed by atoms with Gasteiger partial charge in [0.1, 0.15) is 23.7 Å². The number of carbonyl (C=O) groups excluding carboxylic acids is 9. The molecule has 0 saturated heterocycles. The number of para-hydroxylation sites is 1. The largest absolute Gasteiger partial charge is 0.465 e. The summed E-state index contributed by atoms with van der Waals surface area (Å²) >= 11 is 1.48. The fourth-order valence-corrected chi connectivity index (χ4v) is 12.3. The highest BCUT2D eigenvalue weighted by Gasteiger charge is 2.37. The molecule has 2 aromatic carbocycles. The van der Waals surface area contributed by atoms with Gasteiger partial charge in [-0.25, -0.2) is 24.4 Å². The summed E-state index contributed by atoms with van der Waals surface area (Å²) in [5, 5.41) is 7.35. The summed E-state index contributed by atoms with van der Waals surface area (Å²) in [6.45, 7) is 11.8. The molecule has 89 heavy (non-hydrogen) atoms. The van der Waals surface area contributed by atoms with Gasteiger partial charge >= 0.3 is 53.7 Å². The minimum Gasteiger partial charge on any atom is -0.465 e. The van der Waals surface area contributed by atoms with Crippen LogP contribution in [0, 0.1) is 35.5 Å². The Kier molecular flexibility index (Phi) is 28.3. The van der Waals surface area contributed by atoms with Crippen LogP contribution in [-0.4, -0.2) is 117 Å². The normalized spacial score (nSPS) is 21.7. The van der Waals surface area contributed by atoms with Crippen LogP contribution in [0.25, 0.3) is 10.2 Å². The molecule has 0 spiro atoms. The molecule has 482 valence electrons. The molecule has 0 radical (unpaired) electrons. The second kappa shape index (κ2) is 36.7. The molecule has 0 aliphatic heterocycles. The molecule has 3 aromatic rings. The van der Waals surface area contributed by atoms with Crippen LogP contribution in [0.15, 0.2) is 85.5 Å². The molecule has 22 heteroatoms. The van der Waals surface area contributed by atoms with Crippen LogP contribution in [0.4, 0.5) is 5.13 Å². The number of hydrogen-bond donors (Lipinski definition) is 0. The highest BCUT2D eigenvalue weighted by atomic mass is 32.1. The first-order chi connectivity index (χ1) is 43.2. The van der Waals surface area contributed by atoms with Crippen molar-refractivity contribution >= 4 is 86.6 Å². The summed E-state index contributed by atoms with van der Waals surface area (Å²) < 4.78 is 51.0. The number of ether oxygens (including phenoxy) is 9. The maximum absolute atomic E-state index is 14.0. The summed E-state index contributed by atoms with van der Waals surface area (Å²) in [5.41, 5.74) is 1.18. The predicted octanol–water partition coefficient (Wildman–Crippen LogP) is 11.2. The van der Waals surface area contributed by atoms with Crippen LogP contribution in [0.3, 0.4) is 0 Å². The van der Waals surface area contributed by atoms with Crippen LogP contribution in [0.5, 0.6) is 11.5 Å². The summed E-state index contributed by atoms with van der Waals surface area (Å²) in [6.07, 6.45) is 17.2. The van der Waals surface area contributed by atoms with Crippen LogP contribution >= 0.6 is 11.3 Å². The Hall–Kier alpha value is -7.75. The van der Waals surface area contributed by atoms with Gasteiger partial charge in [0.05, 0.1) is 85.0 Å². The van der Waals surface area contributed by atoms with E-state index in [1.54, 1.807) is 29.4 Å². The number of rotatable bonds is 33. The minimum atomic E-state index is -0.495. The lowest BCUT2D eigenvalue weighted by molar-refractivity contribution is -0.161. The zero-order valence-corrected chi connectivity index (χ0v) is 51.7. The maximum atomic E-state index is 14.0. The highest BCUT2D eigenvalue weighted by molar-refractivity contribution is 7.22. The van der Waals surface area contributed by atoms with E-state index in [9.17, 15) is 43.2 Å². The number of unbranched alkanes of at least 4 members (excludes halogenated alkanes) is 5. The van der Waals surface area contributed by atoms with Crippen molar-refractivity contribution < 1.29 is 85.8 Å². The van der Waals surface area contributed by atoms with E-state index < -0.39 is 41.7 Å². The Labute approximate surface area is 524 Å². The average molecular weight is 1250 g/mol. The van der Waals surface area contributed by atoms with Crippen LogP contribution in [-0.2, 0) is 76.3 Å². The third-order valence-electron chi connectivity index (χ3n) is 16.7. The van der Waals surface area contributed by atoms with E-state index in [4.69, 9.17) is 52.7 Å². The van der Waals surface area contributed by atoms with E-state index in [1.165, 1.54) is 11.3 Å². The Bertz CT molecular complexity index is 2890. The van der Waals surface area contributed by atoms with E-state index in [0.29, 0.717) is 159 Å². The van der Waals surface area contributed by atoms with Crippen molar-refractivity contribution in [2.75, 3.05) is 44.6 Å². The molecule has 4 fully saturated rings. The van der Waals surface area contributed by atoms with Crippen molar-refractivity contribution in [1.29, 1.82) is 0 Å². The number of esters is 9. The van der Waals surface area contributed by atoms with Crippen molar-refractivity contribution in [3.8, 4) is 11.5 Å². The molecule has 0 unspecified atom stereocenters. The smallest absolute Gasteiger partial charge is 0.330 e. The van der Waals surface area contributed by atoms with E-state index in [2.05, 4.69) is 19.7 Å². The van der Waals surface area contributed by atoms with Gasteiger partial charge in [-0.05, 0) is 178 Å². The van der Waals surface area contributed by atoms with Gasteiger partial charge < -0.3 is 42.6 Å². The highest BCUT2D eigenvalue weighted by Crippen LogP contribution is 2.37. The third kappa shape index (κ3) is 22.7. The number of fused-ring (bicyclic) bond motifs is 1. The minimum absolute atomic E-state index is 0.199. The number of aromatic nitrogens is 1. The van der Waals surface area contributed by atoms with Crippen LogP contribution in [0.2, 0.25) is 0 Å². The van der Waals surface area contributed by atoms with Crippen molar-refractivity contribution in [2.24, 2.45) is 40.6 Å². The van der Waals surface area contributed by atoms with Crippen LogP contribution < -0.4 is 14.5 Å². The topological polar surface area (TPSA) is 265 Å². The lowest BCUT2D eigenvalue weighted by atomic mass is 9.82. The Morgan fingerprint density at radius 3 is 1.35 bits per heavy atom. The quantitative estimate of drug-likeness (QED) is 0.0104. The zero-order valence-electron chi connectivity index (χ0n) is 50.9. The molecule has 0 amide bonds. The predicted molar refractivity (Wildman–Crippen MR) is 329 cm³/mol. The van der Waals surface area contributed by atoms with Crippen LogP contribution in [0.1, 0.15) is 160 Å². The monoisotopic (exact) mass is 1250 g/mol. The Morgan fingerprint density at radius 1 is 0.472 bits per heavy atom. The van der Waals surface area contributed by atoms with Gasteiger partial charge in [0, 0.05) is 30.3 Å². The first-order valence-electron chi connectivity index (χ1n) is 31.6. The van der Waals surface area contributed by atoms with Gasteiger partial charge in [-0.2, -0.15) is 5.10 Å². The fourth-order valence-electron chi connectivity index (χ4n) is 11.4. The molecule has 4 aliphatic rings. The molecule has 7 rings (SSSR count). The lowest BCUT2D eigenvalue weighted by Gasteiger charge is -2.30. The number of hydrogen-bond acceptors (Lipinski definition) is 22. The number of carbonyl (C=O) groups is 9. The molecule has 4 aliphatic carbocycles. The number of hydrazone groups is 1. The number of thiazole rings is 1. The van der Waals surface area contributed by atoms with E-state index in [-0.39, 0.29) is 97.7 Å². The second-order valence-corrected chi connectivity index (χ2v) is 24.1. The molecule has 0 bridgehead atoms. The Morgan fingerprint density at radius 2 is 0.876 bits per heavy atom. The number of nitrogens with zero attached hydrogens (tertiary/aromatic N) is 3. The van der Waals surface area contributed by atoms with Crippen molar-refractivity contribution in [1.82, 2.24) is 4.98 Å². The standard InChI is InChI=1S/C67H85N3O18S/c1-4-58(71)80-38-12-8-7-11-37-70(67-69-55-17-9-10-18-57(55)89-67)68-44-51-43-54(87-65(78)49-27-31-52(32-28-49)85-63(76)47-23-19-45(20-24-47)61(74)83-41-15-13-39-81-59(72)5-2)35-36-56(51)88-66(79)50-29-33-53(34-30-50)86-64(77)48-25-21-46(22-26-48)62(75)84-42-16-14-40-82-60(73)6-3/h4-6,9-10,17-18,35-36,43-50,52-53H,1-3,7-8,11-16,19-34,37-42H2/b68-44+. The molecule has 21 nitrogen and oxygen atoms in total. The van der Waals surface area contributed by atoms with Gasteiger partial charge in [-0.15, -0.1) is 0 Å². The average Bonchev–Trinajstić information content (AvgIpc) is 2.91. The third-order valence-corrected chi connectivity index (χ3v) is 17.7. The molecule has 4 saturated carbocycles. The summed E-state index contributed by atoms with van der Waals surface area (Å²) in [4.78, 5) is 119. The first-order valence-corrected chi connectivity index (χ1v) is 32.4. The second-order valence-electron chi connectivity index (χ2n) is 23.1. The Balaban J connectivity index is 0.920. The summed E-state index contributed by atoms with van der Waals surface area (Å²) in [6, 6.07) is 12.5. The number of anilines is 1. The van der Waals surface area contributed by atoms with Gasteiger partial charge in [-0.1, -0.05) is 49.6 Å². The van der Waals surface area contributed by atoms with E-state index >= 15 is 0 Å². The zero-order chi connectivity index (χ0) is 63.3. The fraction of sp³-hybridized carbons (Fsp3) is 0.567. The molecule has 1 heterocycles. The summed E-state index contributed by atoms with van der Waals surface area (Å²) in [5.74, 6) is -5.31. The first kappa shape index (κ1) is 68.7. The van der Waals surface area contributed by atoms with Gasteiger partial charge in [0.15, 0.2) is 0 Å². The van der Waals surface area contributed by atoms with Crippen molar-refractivity contribution in [3.63, 3.8) is 0 Å². The summed E-state index contributed by atoms with van der Waals surface area (Å²) in [7, 11) is 0. The maximum Gasteiger partial charge on any atom is 0.330 e.